The number of rotatable bonds is 13. The van der Waals surface area contributed by atoms with E-state index in [0.717, 1.165) is 50.3 Å². The lowest BCUT2D eigenvalue weighted by Crippen LogP contribution is -2.33. The summed E-state index contributed by atoms with van der Waals surface area (Å²) in [6.07, 6.45) is 1.01. The number of nitrogens with zero attached hydrogens (tertiary/aromatic N) is 1. The third kappa shape index (κ3) is 9.55. The number of halogens is 3. The second-order valence-electron chi connectivity index (χ2n) is 9.04. The lowest BCUT2D eigenvalue weighted by Gasteiger charge is -2.25. The highest BCUT2D eigenvalue weighted by Crippen LogP contribution is 2.31. The van der Waals surface area contributed by atoms with Crippen molar-refractivity contribution < 1.29 is 30.6 Å². The third-order valence-corrected chi connectivity index (χ3v) is 6.60. The van der Waals surface area contributed by atoms with Crippen LogP contribution < -0.4 is 4.18 Å². The summed E-state index contributed by atoms with van der Waals surface area (Å²) in [5, 5.41) is 0. The molecule has 2 rings (SSSR count). The Labute approximate surface area is 206 Å². The standard InChI is InChI=1S/C26H34F3NO4S/c1-4-5-6-7-8-15-25(31)30(18-20(2)3)19-21-11-9-13-23(16-21)34-35(32,33)24-14-10-12-22(17-24)26(27,28)29/h9-14,16-17,20H,4-8,15,18-19H2,1-3H3. The molecule has 2 aromatic carbocycles. The van der Waals surface area contributed by atoms with Crippen molar-refractivity contribution >= 4 is 16.0 Å². The molecule has 35 heavy (non-hydrogen) atoms. The maximum atomic E-state index is 13.0. The first-order valence-electron chi connectivity index (χ1n) is 11.9. The Hall–Kier alpha value is -2.55. The molecule has 0 aliphatic rings. The molecular weight excluding hydrogens is 479 g/mol. The second-order valence-corrected chi connectivity index (χ2v) is 10.6. The van der Waals surface area contributed by atoms with Gasteiger partial charge in [-0.15, -0.1) is 0 Å². The van der Waals surface area contributed by atoms with E-state index in [1.807, 2.05) is 13.8 Å². The van der Waals surface area contributed by atoms with Crippen LogP contribution in [0.2, 0.25) is 0 Å². The van der Waals surface area contributed by atoms with Crippen molar-refractivity contribution in [2.24, 2.45) is 5.92 Å². The van der Waals surface area contributed by atoms with Crippen LogP contribution in [0.1, 0.15) is 70.4 Å². The van der Waals surface area contributed by atoms with Gasteiger partial charge in [-0.2, -0.15) is 21.6 Å². The van der Waals surface area contributed by atoms with E-state index in [0.29, 0.717) is 24.6 Å². The van der Waals surface area contributed by atoms with Crippen molar-refractivity contribution in [3.8, 4) is 5.75 Å². The highest BCUT2D eigenvalue weighted by molar-refractivity contribution is 7.87. The minimum absolute atomic E-state index is 0.0311. The zero-order valence-electron chi connectivity index (χ0n) is 20.5. The van der Waals surface area contributed by atoms with Crippen LogP contribution in [0, 0.1) is 5.92 Å². The topological polar surface area (TPSA) is 63.7 Å². The highest BCUT2D eigenvalue weighted by Gasteiger charge is 2.32. The van der Waals surface area contributed by atoms with Crippen molar-refractivity contribution in [1.82, 2.24) is 4.90 Å². The van der Waals surface area contributed by atoms with Crippen LogP contribution in [-0.4, -0.2) is 25.8 Å². The molecule has 2 aromatic rings. The molecular formula is C26H34F3NO4S. The molecule has 9 heteroatoms. The number of carbonyl (C=O) groups is 1. The summed E-state index contributed by atoms with van der Waals surface area (Å²) in [4.78, 5) is 14.0. The molecule has 194 valence electrons. The zero-order chi connectivity index (χ0) is 26.1. The number of alkyl halides is 3. The molecule has 0 bridgehead atoms. The summed E-state index contributed by atoms with van der Waals surface area (Å²) >= 11 is 0. The van der Waals surface area contributed by atoms with Gasteiger partial charge in [0.25, 0.3) is 0 Å². The molecule has 0 heterocycles. The van der Waals surface area contributed by atoms with Crippen LogP contribution in [-0.2, 0) is 27.6 Å². The van der Waals surface area contributed by atoms with Gasteiger partial charge in [0.1, 0.15) is 10.6 Å². The van der Waals surface area contributed by atoms with E-state index >= 15 is 0 Å². The van der Waals surface area contributed by atoms with Crippen molar-refractivity contribution in [3.05, 3.63) is 59.7 Å². The summed E-state index contributed by atoms with van der Waals surface area (Å²) in [5.74, 6) is 0.259. The fourth-order valence-electron chi connectivity index (χ4n) is 3.65. The predicted octanol–water partition coefficient (Wildman–Crippen LogP) is 6.82. The SMILES string of the molecule is CCCCCCCC(=O)N(Cc1cccc(OS(=O)(=O)c2cccc(C(F)(F)F)c2)c1)CC(C)C. The van der Waals surface area contributed by atoms with E-state index in [1.165, 1.54) is 12.1 Å². The Bertz CT molecular complexity index is 1070. The molecule has 1 amide bonds. The van der Waals surface area contributed by atoms with E-state index in [2.05, 4.69) is 6.92 Å². The minimum atomic E-state index is -4.67. The van der Waals surface area contributed by atoms with E-state index < -0.39 is 26.8 Å². The van der Waals surface area contributed by atoms with Gasteiger partial charge in [0.05, 0.1) is 5.56 Å². The van der Waals surface area contributed by atoms with E-state index in [-0.39, 0.29) is 24.1 Å². The largest absolute Gasteiger partial charge is 0.416 e. The van der Waals surface area contributed by atoms with Gasteiger partial charge in [-0.05, 0) is 48.2 Å². The predicted molar refractivity (Wildman–Crippen MR) is 129 cm³/mol. The average molecular weight is 514 g/mol. The molecule has 0 saturated heterocycles. The molecule has 0 atom stereocenters. The molecule has 0 N–H and O–H groups in total. The summed E-state index contributed by atoms with van der Waals surface area (Å²) in [5.41, 5.74) is -0.407. The normalized spacial score (nSPS) is 12.1. The van der Waals surface area contributed by atoms with Gasteiger partial charge in [0.15, 0.2) is 0 Å². The Kier molecular flexibility index (Phi) is 10.6. The fourth-order valence-corrected chi connectivity index (χ4v) is 4.62. The average Bonchev–Trinajstić information content (AvgIpc) is 2.77. The Morgan fingerprint density at radius 2 is 1.69 bits per heavy atom. The Balaban J connectivity index is 2.13. The first-order valence-corrected chi connectivity index (χ1v) is 13.3. The zero-order valence-corrected chi connectivity index (χ0v) is 21.3. The van der Waals surface area contributed by atoms with Gasteiger partial charge in [0, 0.05) is 19.5 Å². The Morgan fingerprint density at radius 1 is 1.00 bits per heavy atom. The molecule has 0 aliphatic heterocycles. The monoisotopic (exact) mass is 513 g/mol. The molecule has 0 fully saturated rings. The maximum absolute atomic E-state index is 13.0. The smallest absolute Gasteiger partial charge is 0.379 e. The Morgan fingerprint density at radius 3 is 2.34 bits per heavy atom. The van der Waals surface area contributed by atoms with E-state index in [9.17, 15) is 26.4 Å². The number of hydrogen-bond acceptors (Lipinski definition) is 4. The fraction of sp³-hybridized carbons (Fsp3) is 0.500. The van der Waals surface area contributed by atoms with Gasteiger partial charge in [-0.1, -0.05) is 64.7 Å². The molecule has 0 saturated carbocycles. The molecule has 5 nitrogen and oxygen atoms in total. The lowest BCUT2D eigenvalue weighted by atomic mass is 10.1. The van der Waals surface area contributed by atoms with Gasteiger partial charge in [0.2, 0.25) is 5.91 Å². The summed E-state index contributed by atoms with van der Waals surface area (Å²) in [6, 6.07) is 9.67. The number of amides is 1. The second kappa shape index (κ2) is 13.0. The van der Waals surface area contributed by atoms with Crippen LogP contribution in [0.5, 0.6) is 5.75 Å². The quantitative estimate of drug-likeness (QED) is 0.218. The van der Waals surface area contributed by atoms with Crippen molar-refractivity contribution in [3.63, 3.8) is 0 Å². The van der Waals surface area contributed by atoms with E-state index in [4.69, 9.17) is 4.18 Å². The maximum Gasteiger partial charge on any atom is 0.416 e. The number of benzene rings is 2. The van der Waals surface area contributed by atoms with Crippen LogP contribution in [0.3, 0.4) is 0 Å². The van der Waals surface area contributed by atoms with Crippen LogP contribution in [0.4, 0.5) is 13.2 Å². The lowest BCUT2D eigenvalue weighted by molar-refractivity contribution is -0.137. The summed E-state index contributed by atoms with van der Waals surface area (Å²) in [6.45, 7) is 7.01. The molecule has 0 aromatic heterocycles. The summed E-state index contributed by atoms with van der Waals surface area (Å²) in [7, 11) is -4.48. The number of unbranched alkanes of at least 4 members (excludes halogenated alkanes) is 4. The molecule has 0 unspecified atom stereocenters. The van der Waals surface area contributed by atoms with Crippen molar-refractivity contribution in [2.75, 3.05) is 6.54 Å². The first kappa shape index (κ1) is 28.7. The number of hydrogen-bond donors (Lipinski definition) is 0. The van der Waals surface area contributed by atoms with Gasteiger partial charge < -0.3 is 9.08 Å². The van der Waals surface area contributed by atoms with Gasteiger partial charge in [-0.25, -0.2) is 0 Å². The summed E-state index contributed by atoms with van der Waals surface area (Å²) < 4.78 is 69.3. The minimum Gasteiger partial charge on any atom is -0.379 e. The molecule has 0 radical (unpaired) electrons. The van der Waals surface area contributed by atoms with Crippen LogP contribution >= 0.6 is 0 Å². The first-order chi connectivity index (χ1) is 16.4. The third-order valence-electron chi connectivity index (χ3n) is 5.36. The van der Waals surface area contributed by atoms with Gasteiger partial charge >= 0.3 is 16.3 Å². The number of carbonyl (C=O) groups excluding carboxylic acids is 1. The molecule has 0 aliphatic carbocycles. The molecule has 0 spiro atoms. The van der Waals surface area contributed by atoms with Crippen LogP contribution in [0.25, 0.3) is 0 Å². The van der Waals surface area contributed by atoms with Crippen molar-refractivity contribution in [1.29, 1.82) is 0 Å². The van der Waals surface area contributed by atoms with Crippen LogP contribution in [0.15, 0.2) is 53.4 Å². The van der Waals surface area contributed by atoms with E-state index in [1.54, 1.807) is 17.0 Å². The highest BCUT2D eigenvalue weighted by atomic mass is 32.2. The van der Waals surface area contributed by atoms with Crippen molar-refractivity contribution in [2.45, 2.75) is 76.9 Å². The van der Waals surface area contributed by atoms with Gasteiger partial charge in [-0.3, -0.25) is 4.79 Å².